The molecule has 166 valence electrons. The predicted octanol–water partition coefficient (Wildman–Crippen LogP) is 1.45. The van der Waals surface area contributed by atoms with Crippen LogP contribution in [0.1, 0.15) is 30.3 Å². The van der Waals surface area contributed by atoms with Crippen molar-refractivity contribution >= 4 is 29.1 Å². The van der Waals surface area contributed by atoms with E-state index in [1.807, 2.05) is 29.2 Å². The molecule has 1 unspecified atom stereocenters. The number of methoxy groups -OCH3 is 1. The number of rotatable bonds is 9. The van der Waals surface area contributed by atoms with Crippen molar-refractivity contribution in [1.82, 2.24) is 15.3 Å². The second-order valence-electron chi connectivity index (χ2n) is 7.27. The minimum Gasteiger partial charge on any atom is -0.491 e. The number of nitrogens with two attached hydrogens (primary N) is 1. The van der Waals surface area contributed by atoms with E-state index in [9.17, 15) is 9.59 Å². The fourth-order valence-electron chi connectivity index (χ4n) is 3.40. The van der Waals surface area contributed by atoms with Gasteiger partial charge in [-0.1, -0.05) is 0 Å². The van der Waals surface area contributed by atoms with E-state index in [0.717, 1.165) is 19.4 Å². The number of piperidine rings is 1. The molecular weight excluding hydrogens is 400 g/mol. The van der Waals surface area contributed by atoms with Crippen LogP contribution in [-0.4, -0.2) is 61.2 Å². The monoisotopic (exact) mass is 428 g/mol. The zero-order valence-corrected chi connectivity index (χ0v) is 17.8. The first-order valence-electron chi connectivity index (χ1n) is 10.1. The number of benzene rings is 1. The summed E-state index contributed by atoms with van der Waals surface area (Å²) in [6.45, 7) is 3.88. The summed E-state index contributed by atoms with van der Waals surface area (Å²) in [5, 5.41) is 6.07. The third-order valence-electron chi connectivity index (χ3n) is 4.82. The Labute approximate surface area is 181 Å². The second kappa shape index (κ2) is 10.6. The number of nitrogens with zero attached hydrogens (tertiary/aromatic N) is 3. The van der Waals surface area contributed by atoms with Crippen LogP contribution in [0.2, 0.25) is 0 Å². The molecular formula is C21H28N6O4. The molecule has 1 saturated heterocycles. The highest BCUT2D eigenvalue weighted by molar-refractivity contribution is 5.96. The van der Waals surface area contributed by atoms with Crippen LogP contribution in [0.4, 0.5) is 17.3 Å². The number of carbonyl (C=O) groups is 2. The summed E-state index contributed by atoms with van der Waals surface area (Å²) >= 11 is 0. The molecule has 0 aliphatic carbocycles. The number of hydrogen-bond acceptors (Lipinski definition) is 8. The van der Waals surface area contributed by atoms with Crippen molar-refractivity contribution in [2.24, 2.45) is 5.73 Å². The van der Waals surface area contributed by atoms with Crippen LogP contribution in [0.15, 0.2) is 30.5 Å². The lowest BCUT2D eigenvalue weighted by molar-refractivity contribution is -0.119. The van der Waals surface area contributed by atoms with Gasteiger partial charge in [0.2, 0.25) is 5.91 Å². The highest BCUT2D eigenvalue weighted by Gasteiger charge is 2.23. The number of primary amides is 1. The van der Waals surface area contributed by atoms with Crippen LogP contribution in [0.25, 0.3) is 0 Å². The van der Waals surface area contributed by atoms with Gasteiger partial charge in [-0.2, -0.15) is 0 Å². The summed E-state index contributed by atoms with van der Waals surface area (Å²) in [6.07, 6.45) is 3.36. The van der Waals surface area contributed by atoms with Crippen molar-refractivity contribution < 1.29 is 19.1 Å². The van der Waals surface area contributed by atoms with Crippen molar-refractivity contribution in [3.8, 4) is 5.75 Å². The van der Waals surface area contributed by atoms with Gasteiger partial charge in [0.15, 0.2) is 11.5 Å². The van der Waals surface area contributed by atoms with Crippen molar-refractivity contribution in [2.75, 3.05) is 43.6 Å². The van der Waals surface area contributed by atoms with Gasteiger partial charge in [0, 0.05) is 38.9 Å². The summed E-state index contributed by atoms with van der Waals surface area (Å²) in [5.74, 6) is 0.867. The molecule has 2 heterocycles. The molecule has 2 aromatic rings. The Morgan fingerprint density at radius 1 is 1.26 bits per heavy atom. The zero-order valence-electron chi connectivity index (χ0n) is 17.8. The van der Waals surface area contributed by atoms with Gasteiger partial charge < -0.3 is 30.7 Å². The topological polar surface area (TPSA) is 132 Å². The molecule has 0 spiro atoms. The zero-order chi connectivity index (χ0) is 22.2. The number of nitrogens with one attached hydrogen (secondary N) is 2. The summed E-state index contributed by atoms with van der Waals surface area (Å²) in [7, 11) is 1.62. The number of ether oxygens (including phenoxy) is 2. The van der Waals surface area contributed by atoms with Crippen LogP contribution in [0.5, 0.6) is 5.75 Å². The molecule has 1 aromatic heterocycles. The first-order valence-corrected chi connectivity index (χ1v) is 10.1. The Hall–Kier alpha value is -3.40. The quantitative estimate of drug-likeness (QED) is 0.512. The Morgan fingerprint density at radius 2 is 2.03 bits per heavy atom. The fourth-order valence-corrected chi connectivity index (χ4v) is 3.40. The van der Waals surface area contributed by atoms with E-state index in [1.165, 1.54) is 13.1 Å². The lowest BCUT2D eigenvalue weighted by Gasteiger charge is -2.33. The van der Waals surface area contributed by atoms with Gasteiger partial charge in [-0.15, -0.1) is 0 Å². The molecule has 3 rings (SSSR count). The minimum absolute atomic E-state index is 0.0472. The summed E-state index contributed by atoms with van der Waals surface area (Å²) in [6, 6.07) is 7.29. The van der Waals surface area contributed by atoms with Crippen molar-refractivity contribution in [2.45, 2.75) is 25.8 Å². The number of amides is 2. The molecule has 1 aliphatic heterocycles. The van der Waals surface area contributed by atoms with Crippen LogP contribution in [0, 0.1) is 0 Å². The Bertz CT molecular complexity index is 905. The van der Waals surface area contributed by atoms with Crippen molar-refractivity contribution in [1.29, 1.82) is 0 Å². The highest BCUT2D eigenvalue weighted by atomic mass is 16.5. The van der Waals surface area contributed by atoms with Crippen LogP contribution < -0.4 is 26.0 Å². The van der Waals surface area contributed by atoms with E-state index in [1.54, 1.807) is 7.11 Å². The van der Waals surface area contributed by atoms with Crippen LogP contribution >= 0.6 is 0 Å². The molecule has 10 heteroatoms. The normalized spacial score (nSPS) is 15.9. The van der Waals surface area contributed by atoms with Gasteiger partial charge in [0.05, 0.1) is 12.8 Å². The Kier molecular flexibility index (Phi) is 7.60. The third kappa shape index (κ3) is 6.29. The predicted molar refractivity (Wildman–Crippen MR) is 117 cm³/mol. The van der Waals surface area contributed by atoms with E-state index in [4.69, 9.17) is 15.2 Å². The lowest BCUT2D eigenvalue weighted by atomic mass is 10.1. The number of hydrogen-bond donors (Lipinski definition) is 3. The summed E-state index contributed by atoms with van der Waals surface area (Å²) < 4.78 is 10.5. The average Bonchev–Trinajstić information content (AvgIpc) is 2.75. The van der Waals surface area contributed by atoms with E-state index < -0.39 is 5.91 Å². The van der Waals surface area contributed by atoms with E-state index in [-0.39, 0.29) is 23.5 Å². The molecule has 1 aromatic carbocycles. The fraction of sp³-hybridized carbons (Fsp3) is 0.429. The second-order valence-corrected chi connectivity index (χ2v) is 7.27. The molecule has 4 N–H and O–H groups in total. The van der Waals surface area contributed by atoms with Crippen LogP contribution in [0.3, 0.4) is 0 Å². The maximum absolute atomic E-state index is 11.9. The molecule has 0 radical (unpaired) electrons. The first kappa shape index (κ1) is 22.3. The summed E-state index contributed by atoms with van der Waals surface area (Å²) in [4.78, 5) is 34.1. The smallest absolute Gasteiger partial charge is 0.271 e. The van der Waals surface area contributed by atoms with Gasteiger partial charge in [0.1, 0.15) is 18.2 Å². The van der Waals surface area contributed by atoms with E-state index in [2.05, 4.69) is 20.6 Å². The molecule has 10 nitrogen and oxygen atoms in total. The van der Waals surface area contributed by atoms with Crippen molar-refractivity contribution in [3.63, 3.8) is 0 Å². The van der Waals surface area contributed by atoms with Crippen molar-refractivity contribution in [3.05, 3.63) is 36.2 Å². The molecule has 2 amide bonds. The SMILES string of the molecule is COCCOc1ccc(Nc2nc(N3CCCC(NC(C)=O)C3)cnc2C(N)=O)cc1. The van der Waals surface area contributed by atoms with E-state index >= 15 is 0 Å². The Morgan fingerprint density at radius 3 is 2.71 bits per heavy atom. The molecule has 31 heavy (non-hydrogen) atoms. The van der Waals surface area contributed by atoms with Crippen LogP contribution in [-0.2, 0) is 9.53 Å². The lowest BCUT2D eigenvalue weighted by Crippen LogP contribution is -2.47. The van der Waals surface area contributed by atoms with Gasteiger partial charge in [0.25, 0.3) is 5.91 Å². The maximum atomic E-state index is 11.9. The largest absolute Gasteiger partial charge is 0.491 e. The van der Waals surface area contributed by atoms with E-state index in [0.29, 0.717) is 37.0 Å². The molecule has 0 saturated carbocycles. The van der Waals surface area contributed by atoms with Gasteiger partial charge in [-0.05, 0) is 37.1 Å². The van der Waals surface area contributed by atoms with Gasteiger partial charge in [-0.3, -0.25) is 9.59 Å². The number of anilines is 3. The maximum Gasteiger partial charge on any atom is 0.271 e. The molecule has 1 fully saturated rings. The number of carbonyl (C=O) groups excluding carboxylic acids is 2. The number of aromatic nitrogens is 2. The third-order valence-corrected chi connectivity index (χ3v) is 4.82. The molecule has 0 bridgehead atoms. The minimum atomic E-state index is -0.671. The molecule has 1 aliphatic rings. The average molecular weight is 428 g/mol. The first-order chi connectivity index (χ1) is 15.0. The summed E-state index contributed by atoms with van der Waals surface area (Å²) in [5.41, 5.74) is 6.26. The van der Waals surface area contributed by atoms with Gasteiger partial charge in [-0.25, -0.2) is 9.97 Å². The Balaban J connectivity index is 1.76. The molecule has 1 atom stereocenters. The standard InChI is InChI=1S/C21H28N6O4/c1-14(28)24-16-4-3-9-27(13-16)18-12-23-19(20(22)29)21(26-18)25-15-5-7-17(8-6-15)31-11-10-30-2/h5-8,12,16H,3-4,9-11,13H2,1-2H3,(H2,22,29)(H,24,28)(H,25,26). The van der Waals surface area contributed by atoms with Gasteiger partial charge >= 0.3 is 0 Å². The highest BCUT2D eigenvalue weighted by Crippen LogP contribution is 2.24.